The van der Waals surface area contributed by atoms with Gasteiger partial charge in [0.1, 0.15) is 5.75 Å². The third-order valence-corrected chi connectivity index (χ3v) is 4.35. The molecule has 1 aromatic carbocycles. The maximum absolute atomic E-state index is 5.84. The normalized spacial score (nSPS) is 17.2. The summed E-state index contributed by atoms with van der Waals surface area (Å²) in [5.74, 6) is 0.960. The van der Waals surface area contributed by atoms with E-state index in [1.54, 1.807) is 0 Å². The first-order chi connectivity index (χ1) is 8.74. The van der Waals surface area contributed by atoms with Crippen molar-refractivity contribution in [2.75, 3.05) is 19.7 Å². The summed E-state index contributed by atoms with van der Waals surface area (Å²) >= 11 is 3.46. The molecule has 0 radical (unpaired) electrons. The van der Waals surface area contributed by atoms with Gasteiger partial charge < -0.3 is 10.1 Å². The van der Waals surface area contributed by atoms with Crippen LogP contribution in [0.2, 0.25) is 0 Å². The van der Waals surface area contributed by atoms with Gasteiger partial charge in [0, 0.05) is 11.0 Å². The highest BCUT2D eigenvalue weighted by Gasteiger charge is 2.35. The van der Waals surface area contributed by atoms with Crippen molar-refractivity contribution in [3.8, 4) is 5.75 Å². The number of ether oxygens (including phenoxy) is 1. The Morgan fingerprint density at radius 1 is 1.39 bits per heavy atom. The summed E-state index contributed by atoms with van der Waals surface area (Å²) in [4.78, 5) is 0. The molecule has 1 saturated carbocycles. The van der Waals surface area contributed by atoms with Gasteiger partial charge in [0.15, 0.2) is 0 Å². The molecule has 1 aromatic rings. The number of hydrogen-bond donors (Lipinski definition) is 1. The summed E-state index contributed by atoms with van der Waals surface area (Å²) in [5.41, 5.74) is 0.502. The number of nitrogens with one attached hydrogen (secondary N) is 1. The molecule has 0 aromatic heterocycles. The number of halogens is 1. The lowest BCUT2D eigenvalue weighted by molar-refractivity contribution is 0.0928. The molecule has 1 N–H and O–H groups in total. The number of hydrogen-bond acceptors (Lipinski definition) is 2. The van der Waals surface area contributed by atoms with Gasteiger partial charge in [-0.3, -0.25) is 0 Å². The van der Waals surface area contributed by atoms with Crippen LogP contribution >= 0.6 is 15.9 Å². The lowest BCUT2D eigenvalue weighted by atomic mass is 9.67. The highest BCUT2D eigenvalue weighted by atomic mass is 79.9. The Labute approximate surface area is 118 Å². The van der Waals surface area contributed by atoms with Crippen molar-refractivity contribution in [2.45, 2.75) is 32.6 Å². The largest absolute Gasteiger partial charge is 0.494 e. The highest BCUT2D eigenvalue weighted by Crippen LogP contribution is 2.43. The van der Waals surface area contributed by atoms with Crippen molar-refractivity contribution < 1.29 is 4.74 Å². The zero-order valence-electron chi connectivity index (χ0n) is 11.0. The molecule has 18 heavy (non-hydrogen) atoms. The number of benzene rings is 1. The van der Waals surface area contributed by atoms with Crippen molar-refractivity contribution in [3.05, 3.63) is 28.7 Å². The number of rotatable bonds is 7. The van der Waals surface area contributed by atoms with Crippen molar-refractivity contribution in [1.82, 2.24) is 5.32 Å². The van der Waals surface area contributed by atoms with Crippen LogP contribution in [0.3, 0.4) is 0 Å². The molecule has 1 aliphatic rings. The van der Waals surface area contributed by atoms with E-state index in [0.29, 0.717) is 5.41 Å². The Hall–Kier alpha value is -0.540. The van der Waals surface area contributed by atoms with Crippen LogP contribution in [0, 0.1) is 5.41 Å². The molecule has 3 heteroatoms. The molecule has 0 atom stereocenters. The Bertz CT molecular complexity index is 377. The third-order valence-electron chi connectivity index (χ3n) is 3.86. The lowest BCUT2D eigenvalue weighted by Gasteiger charge is -2.42. The van der Waals surface area contributed by atoms with E-state index in [-0.39, 0.29) is 0 Å². The fourth-order valence-electron chi connectivity index (χ4n) is 2.52. The molecule has 1 fully saturated rings. The van der Waals surface area contributed by atoms with E-state index in [0.717, 1.165) is 36.3 Å². The van der Waals surface area contributed by atoms with Crippen LogP contribution in [0.25, 0.3) is 0 Å². The fraction of sp³-hybridized carbons (Fsp3) is 0.600. The molecule has 0 spiro atoms. The van der Waals surface area contributed by atoms with Gasteiger partial charge >= 0.3 is 0 Å². The molecule has 0 amide bonds. The predicted octanol–water partition coefficient (Wildman–Crippen LogP) is 4.00. The third kappa shape index (κ3) is 3.72. The molecule has 2 rings (SSSR count). The van der Waals surface area contributed by atoms with E-state index in [2.05, 4.69) is 28.2 Å². The fourth-order valence-corrected chi connectivity index (χ4v) is 2.90. The smallest absolute Gasteiger partial charge is 0.120 e. The standard InChI is InChI=1S/C15H22BrNO/c1-2-17-12-15(7-4-8-15)9-10-18-14-6-3-5-13(16)11-14/h3,5-6,11,17H,2,4,7-10,12H2,1H3. The van der Waals surface area contributed by atoms with Crippen molar-refractivity contribution in [1.29, 1.82) is 0 Å². The second-order valence-electron chi connectivity index (χ2n) is 5.19. The molecule has 1 aliphatic carbocycles. The molecule has 0 heterocycles. The predicted molar refractivity (Wildman–Crippen MR) is 79.1 cm³/mol. The van der Waals surface area contributed by atoms with Gasteiger partial charge in [-0.05, 0) is 49.4 Å². The lowest BCUT2D eigenvalue weighted by Crippen LogP contribution is -2.41. The van der Waals surface area contributed by atoms with Crippen molar-refractivity contribution in [3.63, 3.8) is 0 Å². The first-order valence-corrected chi connectivity index (χ1v) is 7.62. The van der Waals surface area contributed by atoms with Crippen LogP contribution in [0.4, 0.5) is 0 Å². The van der Waals surface area contributed by atoms with Gasteiger partial charge in [-0.25, -0.2) is 0 Å². The van der Waals surface area contributed by atoms with E-state index >= 15 is 0 Å². The SMILES string of the molecule is CCNCC1(CCOc2cccc(Br)c2)CCC1. The quantitative estimate of drug-likeness (QED) is 0.822. The minimum atomic E-state index is 0.502. The summed E-state index contributed by atoms with van der Waals surface area (Å²) in [7, 11) is 0. The summed E-state index contributed by atoms with van der Waals surface area (Å²) in [6.45, 7) is 5.20. The first kappa shape index (κ1) is 13.9. The molecule has 0 bridgehead atoms. The topological polar surface area (TPSA) is 21.3 Å². The monoisotopic (exact) mass is 311 g/mol. The summed E-state index contributed by atoms with van der Waals surface area (Å²) in [5, 5.41) is 3.49. The van der Waals surface area contributed by atoms with Crippen LogP contribution in [-0.2, 0) is 0 Å². The van der Waals surface area contributed by atoms with E-state index in [4.69, 9.17) is 4.74 Å². The Kier molecular flexibility index (Phi) is 5.07. The van der Waals surface area contributed by atoms with Gasteiger partial charge in [0.2, 0.25) is 0 Å². The summed E-state index contributed by atoms with van der Waals surface area (Å²) in [6, 6.07) is 8.07. The average Bonchev–Trinajstić information content (AvgIpc) is 2.31. The van der Waals surface area contributed by atoms with Crippen LogP contribution in [-0.4, -0.2) is 19.7 Å². The molecule has 0 unspecified atom stereocenters. The van der Waals surface area contributed by atoms with E-state index in [1.165, 1.54) is 19.3 Å². The molecular formula is C15H22BrNO. The first-order valence-electron chi connectivity index (χ1n) is 6.83. The highest BCUT2D eigenvalue weighted by molar-refractivity contribution is 9.10. The van der Waals surface area contributed by atoms with Gasteiger partial charge in [-0.2, -0.15) is 0 Å². The van der Waals surface area contributed by atoms with Gasteiger partial charge in [0.05, 0.1) is 6.61 Å². The van der Waals surface area contributed by atoms with Crippen molar-refractivity contribution >= 4 is 15.9 Å². The second kappa shape index (κ2) is 6.58. The van der Waals surface area contributed by atoms with Gasteiger partial charge in [-0.15, -0.1) is 0 Å². The molecule has 100 valence electrons. The van der Waals surface area contributed by atoms with E-state index in [1.807, 2.05) is 24.3 Å². The van der Waals surface area contributed by atoms with Crippen LogP contribution in [0.1, 0.15) is 32.6 Å². The van der Waals surface area contributed by atoms with Crippen LogP contribution in [0.15, 0.2) is 28.7 Å². The molecule has 0 saturated heterocycles. The maximum atomic E-state index is 5.84. The second-order valence-corrected chi connectivity index (χ2v) is 6.11. The summed E-state index contributed by atoms with van der Waals surface area (Å²) < 4.78 is 6.92. The van der Waals surface area contributed by atoms with Crippen molar-refractivity contribution in [2.24, 2.45) is 5.41 Å². The Morgan fingerprint density at radius 2 is 2.22 bits per heavy atom. The summed E-state index contributed by atoms with van der Waals surface area (Å²) in [6.07, 6.45) is 5.23. The van der Waals surface area contributed by atoms with E-state index < -0.39 is 0 Å². The minimum Gasteiger partial charge on any atom is -0.494 e. The van der Waals surface area contributed by atoms with Crippen LogP contribution < -0.4 is 10.1 Å². The van der Waals surface area contributed by atoms with Gasteiger partial charge in [0.25, 0.3) is 0 Å². The molecular weight excluding hydrogens is 290 g/mol. The minimum absolute atomic E-state index is 0.502. The molecule has 2 nitrogen and oxygen atoms in total. The van der Waals surface area contributed by atoms with Gasteiger partial charge in [-0.1, -0.05) is 35.3 Å². The van der Waals surface area contributed by atoms with E-state index in [9.17, 15) is 0 Å². The maximum Gasteiger partial charge on any atom is 0.120 e. The zero-order valence-corrected chi connectivity index (χ0v) is 12.6. The zero-order chi connectivity index (χ0) is 12.8. The average molecular weight is 312 g/mol. The molecule has 0 aliphatic heterocycles. The Balaban J connectivity index is 1.77. The van der Waals surface area contributed by atoms with Crippen LogP contribution in [0.5, 0.6) is 5.75 Å². The Morgan fingerprint density at radius 3 is 2.83 bits per heavy atom.